The van der Waals surface area contributed by atoms with Crippen molar-refractivity contribution in [2.24, 2.45) is 5.73 Å². The van der Waals surface area contributed by atoms with Crippen molar-refractivity contribution >= 4 is 75.7 Å². The average molecular weight is 855 g/mol. The van der Waals surface area contributed by atoms with Crippen molar-refractivity contribution in [3.05, 3.63) is 81.5 Å². The zero-order valence-electron chi connectivity index (χ0n) is 32.3. The van der Waals surface area contributed by atoms with Crippen molar-refractivity contribution in [2.45, 2.75) is 77.0 Å². The molecule has 6 heterocycles. The van der Waals surface area contributed by atoms with Gasteiger partial charge in [0.2, 0.25) is 11.9 Å². The first-order valence-electron chi connectivity index (χ1n) is 18.6. The fraction of sp³-hybridized carbons (Fsp3) is 0.410. The number of hydrogen-bond acceptors (Lipinski definition) is 11. The summed E-state index contributed by atoms with van der Waals surface area (Å²) in [7, 11) is 0. The van der Waals surface area contributed by atoms with Gasteiger partial charge >= 0.3 is 6.09 Å². The van der Waals surface area contributed by atoms with E-state index in [-0.39, 0.29) is 11.1 Å². The van der Waals surface area contributed by atoms with Crippen LogP contribution in [0.25, 0.3) is 33.5 Å². The first-order chi connectivity index (χ1) is 27.0. The predicted molar refractivity (Wildman–Crippen MR) is 226 cm³/mol. The fourth-order valence-electron chi connectivity index (χ4n) is 6.98. The number of rotatable bonds is 5. The number of carbonyl (C=O) groups excluding carboxylic acids is 1. The standard InChI is InChI=1S/C22H26Cl2N6O2.C17H18Cl2N6/c1-21(2,3)32-20(31)27-22(4)8-10-29(11-9-22)19-25-12-15(18-28-26-13-30(18)19)14-6-5-7-16(23)17(14)24;1-17(20)5-7-24(8-6-17)16-21-9-12(15-23-22-10-25(15)16)11-3-2-4-13(18)14(11)19/h5-7,12-13H,8-11H2,1-4H3,(H,27,31);2-4,9-10H,5-8,20H2,1H3. The van der Waals surface area contributed by atoms with Crippen LogP contribution in [0.5, 0.6) is 0 Å². The Morgan fingerprint density at radius 3 is 1.60 bits per heavy atom. The zero-order valence-corrected chi connectivity index (χ0v) is 35.3. The van der Waals surface area contributed by atoms with Gasteiger partial charge in [0.1, 0.15) is 18.3 Å². The number of piperidine rings is 2. The van der Waals surface area contributed by atoms with Crippen molar-refractivity contribution < 1.29 is 9.53 Å². The summed E-state index contributed by atoms with van der Waals surface area (Å²) in [4.78, 5) is 26.0. The highest BCUT2D eigenvalue weighted by Gasteiger charge is 2.34. The number of nitrogens with two attached hydrogens (primary N) is 1. The third kappa shape index (κ3) is 8.85. The molecule has 0 spiro atoms. The molecule has 2 saturated heterocycles. The molecule has 6 aromatic rings. The number of alkyl carbamates (subject to hydrolysis) is 1. The van der Waals surface area contributed by atoms with Crippen LogP contribution in [0.4, 0.5) is 16.7 Å². The molecule has 300 valence electrons. The number of benzene rings is 2. The molecule has 18 heteroatoms. The highest BCUT2D eigenvalue weighted by molar-refractivity contribution is 6.44. The number of anilines is 2. The summed E-state index contributed by atoms with van der Waals surface area (Å²) in [5.41, 5.74) is 9.70. The number of halogens is 4. The molecule has 2 fully saturated rings. The summed E-state index contributed by atoms with van der Waals surface area (Å²) < 4.78 is 9.17. The molecule has 14 nitrogen and oxygen atoms in total. The predicted octanol–water partition coefficient (Wildman–Crippen LogP) is 8.40. The molecule has 1 amide bonds. The number of ether oxygens (including phenoxy) is 1. The molecule has 8 rings (SSSR count). The van der Waals surface area contributed by atoms with Crippen molar-refractivity contribution in [1.82, 2.24) is 44.5 Å². The van der Waals surface area contributed by atoms with Gasteiger partial charge in [0.05, 0.1) is 20.1 Å². The van der Waals surface area contributed by atoms with Gasteiger partial charge in [-0.2, -0.15) is 0 Å². The number of aromatic nitrogens is 8. The lowest BCUT2D eigenvalue weighted by Crippen LogP contribution is -2.54. The molecule has 2 aromatic carbocycles. The first-order valence-corrected chi connectivity index (χ1v) is 20.1. The largest absolute Gasteiger partial charge is 0.444 e. The van der Waals surface area contributed by atoms with Crippen molar-refractivity contribution in [3.63, 3.8) is 0 Å². The smallest absolute Gasteiger partial charge is 0.408 e. The second-order valence-electron chi connectivity index (χ2n) is 16.0. The fourth-order valence-corrected chi connectivity index (χ4v) is 7.78. The number of amides is 1. The summed E-state index contributed by atoms with van der Waals surface area (Å²) >= 11 is 25.1. The Kier molecular flexibility index (Phi) is 11.5. The van der Waals surface area contributed by atoms with Crippen molar-refractivity contribution in [2.75, 3.05) is 36.0 Å². The molecular formula is C39H44Cl4N12O2. The van der Waals surface area contributed by atoms with Crippen LogP contribution in [0, 0.1) is 0 Å². The normalized spacial score (nSPS) is 16.7. The van der Waals surface area contributed by atoms with Gasteiger partial charge in [0.25, 0.3) is 0 Å². The molecule has 0 aliphatic carbocycles. The van der Waals surface area contributed by atoms with Crippen LogP contribution in [-0.2, 0) is 4.74 Å². The maximum atomic E-state index is 12.2. The molecule has 0 atom stereocenters. The lowest BCUT2D eigenvalue weighted by Gasteiger charge is -2.40. The Balaban J connectivity index is 0.000000179. The molecule has 0 unspecified atom stereocenters. The van der Waals surface area contributed by atoms with Gasteiger partial charge in [-0.15, -0.1) is 20.4 Å². The molecule has 0 saturated carbocycles. The van der Waals surface area contributed by atoms with E-state index in [0.29, 0.717) is 44.5 Å². The van der Waals surface area contributed by atoms with E-state index in [4.69, 9.17) is 61.9 Å². The summed E-state index contributed by atoms with van der Waals surface area (Å²) in [6, 6.07) is 11.0. The monoisotopic (exact) mass is 852 g/mol. The van der Waals surface area contributed by atoms with E-state index in [0.717, 1.165) is 72.9 Å². The maximum Gasteiger partial charge on any atom is 0.408 e. The van der Waals surface area contributed by atoms with E-state index in [1.807, 2.05) is 60.8 Å². The van der Waals surface area contributed by atoms with Gasteiger partial charge < -0.3 is 25.6 Å². The summed E-state index contributed by atoms with van der Waals surface area (Å²) in [6.45, 7) is 12.8. The molecule has 4 aromatic heterocycles. The third-order valence-corrected chi connectivity index (χ3v) is 11.9. The van der Waals surface area contributed by atoms with E-state index >= 15 is 0 Å². The van der Waals surface area contributed by atoms with Gasteiger partial charge in [-0.3, -0.25) is 8.80 Å². The highest BCUT2D eigenvalue weighted by Crippen LogP contribution is 2.38. The summed E-state index contributed by atoms with van der Waals surface area (Å²) in [5.74, 6) is 1.56. The van der Waals surface area contributed by atoms with Gasteiger partial charge in [-0.25, -0.2) is 14.8 Å². The van der Waals surface area contributed by atoms with E-state index in [2.05, 4.69) is 47.4 Å². The molecule has 2 aliphatic heterocycles. The number of hydrogen-bond donors (Lipinski definition) is 2. The van der Waals surface area contributed by atoms with Crippen LogP contribution in [0.1, 0.15) is 60.3 Å². The van der Waals surface area contributed by atoms with Gasteiger partial charge in [-0.1, -0.05) is 70.7 Å². The minimum atomic E-state index is -0.529. The van der Waals surface area contributed by atoms with Gasteiger partial charge in [0.15, 0.2) is 11.3 Å². The summed E-state index contributed by atoms with van der Waals surface area (Å²) in [6.07, 6.45) is 9.80. The Hall–Kier alpha value is -4.47. The molecular weight excluding hydrogens is 810 g/mol. The Labute approximate surface area is 350 Å². The second-order valence-corrected chi connectivity index (χ2v) is 17.6. The van der Waals surface area contributed by atoms with Crippen LogP contribution in [0.15, 0.2) is 61.4 Å². The molecule has 2 aliphatic rings. The zero-order chi connectivity index (χ0) is 40.7. The number of nitrogens with zero attached hydrogens (tertiary/aromatic N) is 10. The van der Waals surface area contributed by atoms with E-state index < -0.39 is 11.7 Å². The molecule has 0 radical (unpaired) electrons. The van der Waals surface area contributed by atoms with Crippen LogP contribution in [0.2, 0.25) is 20.1 Å². The molecule has 3 N–H and O–H groups in total. The third-order valence-electron chi connectivity index (χ3n) is 10.3. The lowest BCUT2D eigenvalue weighted by molar-refractivity contribution is 0.0448. The van der Waals surface area contributed by atoms with Crippen molar-refractivity contribution in [3.8, 4) is 22.3 Å². The minimum Gasteiger partial charge on any atom is -0.444 e. The Morgan fingerprint density at radius 1 is 0.719 bits per heavy atom. The molecule has 0 bridgehead atoms. The number of fused-ring (bicyclic) bond motifs is 2. The SMILES string of the molecule is CC1(N)CCN(c2ncc(-c3cccc(Cl)c3Cl)c3nncn23)CC1.CC1(NC(=O)OC(C)(C)C)CCN(c2ncc(-c3cccc(Cl)c3Cl)c3nncn23)CC1. The second kappa shape index (κ2) is 16.1. The molecule has 57 heavy (non-hydrogen) atoms. The van der Waals surface area contributed by atoms with Crippen LogP contribution < -0.4 is 20.9 Å². The minimum absolute atomic E-state index is 0.114. The van der Waals surface area contributed by atoms with E-state index in [9.17, 15) is 4.79 Å². The van der Waals surface area contributed by atoms with E-state index in [1.54, 1.807) is 37.2 Å². The van der Waals surface area contributed by atoms with Crippen LogP contribution in [0.3, 0.4) is 0 Å². The van der Waals surface area contributed by atoms with Crippen LogP contribution >= 0.6 is 46.4 Å². The van der Waals surface area contributed by atoms with E-state index in [1.165, 1.54) is 0 Å². The lowest BCUT2D eigenvalue weighted by atomic mass is 9.90. The number of carbonyl (C=O) groups is 1. The van der Waals surface area contributed by atoms with Crippen molar-refractivity contribution in [1.29, 1.82) is 0 Å². The summed E-state index contributed by atoms with van der Waals surface area (Å²) in [5, 5.41) is 21.7. The van der Waals surface area contributed by atoms with Gasteiger partial charge in [-0.05, 0) is 72.4 Å². The number of nitrogens with one attached hydrogen (secondary N) is 1. The maximum absolute atomic E-state index is 12.2. The quantitative estimate of drug-likeness (QED) is 0.172. The Bertz CT molecular complexity index is 2410. The first kappa shape index (κ1) is 40.7. The highest BCUT2D eigenvalue weighted by atomic mass is 35.5. The topological polar surface area (TPSA) is 157 Å². The van der Waals surface area contributed by atoms with Crippen LogP contribution in [-0.4, -0.2) is 88.1 Å². The Morgan fingerprint density at radius 2 is 1.16 bits per heavy atom. The van der Waals surface area contributed by atoms with Gasteiger partial charge in [0, 0.05) is 71.9 Å². The average Bonchev–Trinajstić information content (AvgIpc) is 3.85.